The molecular weight excluding hydrogens is 162 g/mol. The number of ether oxygens (including phenoxy) is 1. The van der Waals surface area contributed by atoms with E-state index in [4.69, 9.17) is 16.0 Å². The van der Waals surface area contributed by atoms with Crippen molar-refractivity contribution in [1.82, 2.24) is 5.32 Å². The Morgan fingerprint density at radius 2 is 2.42 bits per heavy atom. The number of nitrogens with one attached hydrogen (secondary N) is 1. The van der Waals surface area contributed by atoms with Gasteiger partial charge in [0.05, 0.1) is 19.3 Å². The Hall–Kier alpha value is -0.850. The van der Waals surface area contributed by atoms with Gasteiger partial charge in [0.2, 0.25) is 0 Å². The second-order valence-electron chi connectivity index (χ2n) is 2.33. The monoisotopic (exact) mass is 177 g/mol. The summed E-state index contributed by atoms with van der Waals surface area (Å²) in [5, 5.41) is 22.8. The fourth-order valence-corrected chi connectivity index (χ4v) is 0.654. The zero-order valence-corrected chi connectivity index (χ0v) is 7.03. The highest BCUT2D eigenvalue weighted by Crippen LogP contribution is 1.80. The normalized spacial score (nSPS) is 14.7. The van der Waals surface area contributed by atoms with Gasteiger partial charge in [-0.1, -0.05) is 5.16 Å². The molecule has 0 aliphatic rings. The van der Waals surface area contributed by atoms with Gasteiger partial charge in [0.15, 0.2) is 5.84 Å². The van der Waals surface area contributed by atoms with E-state index in [0.717, 1.165) is 0 Å². The number of nitrogens with zero attached hydrogens (tertiary/aromatic N) is 1. The number of aliphatic hydroxyl groups is 1. The maximum Gasteiger partial charge on any atom is 0.153 e. The minimum atomic E-state index is -0.568. The Bertz CT molecular complexity index is 140. The van der Waals surface area contributed by atoms with Crippen molar-refractivity contribution in [3.05, 3.63) is 0 Å². The quantitative estimate of drug-likeness (QED) is 0.168. The van der Waals surface area contributed by atoms with Crippen molar-refractivity contribution >= 4 is 5.84 Å². The zero-order valence-electron chi connectivity index (χ0n) is 7.03. The van der Waals surface area contributed by atoms with E-state index in [1.807, 2.05) is 0 Å². The number of amidine groups is 1. The third-order valence-corrected chi connectivity index (χ3v) is 1.17. The van der Waals surface area contributed by atoms with E-state index < -0.39 is 6.10 Å². The van der Waals surface area contributed by atoms with Crippen molar-refractivity contribution in [2.24, 2.45) is 10.9 Å². The van der Waals surface area contributed by atoms with Gasteiger partial charge in [-0.2, -0.15) is 0 Å². The summed E-state index contributed by atoms with van der Waals surface area (Å²) in [5.41, 5.74) is 5.16. The third kappa shape index (κ3) is 5.90. The van der Waals surface area contributed by atoms with Gasteiger partial charge in [0.1, 0.15) is 0 Å². The molecule has 0 aliphatic heterocycles. The molecule has 0 aliphatic carbocycles. The van der Waals surface area contributed by atoms with Crippen LogP contribution >= 0.6 is 0 Å². The summed E-state index contributed by atoms with van der Waals surface area (Å²) in [5.74, 6) is 0.0830. The molecule has 0 aromatic heterocycles. The number of hydrogen-bond acceptors (Lipinski definition) is 5. The Kier molecular flexibility index (Phi) is 6.35. The van der Waals surface area contributed by atoms with Crippen LogP contribution in [0.3, 0.4) is 0 Å². The number of nitrogens with two attached hydrogens (primary N) is 1. The van der Waals surface area contributed by atoms with Gasteiger partial charge in [-0.05, 0) is 0 Å². The predicted octanol–water partition coefficient (Wildman–Crippen LogP) is -1.67. The van der Waals surface area contributed by atoms with Crippen molar-refractivity contribution in [3.8, 4) is 0 Å². The van der Waals surface area contributed by atoms with Crippen molar-refractivity contribution in [3.63, 3.8) is 0 Å². The van der Waals surface area contributed by atoms with Crippen molar-refractivity contribution < 1.29 is 15.1 Å². The first-order valence-corrected chi connectivity index (χ1v) is 3.54. The lowest BCUT2D eigenvalue weighted by atomic mass is 10.4. The molecule has 0 saturated carbocycles. The van der Waals surface area contributed by atoms with Gasteiger partial charge < -0.3 is 26.1 Å². The largest absolute Gasteiger partial charge is 0.409 e. The molecule has 0 spiro atoms. The smallest absolute Gasteiger partial charge is 0.153 e. The summed E-state index contributed by atoms with van der Waals surface area (Å²) >= 11 is 0. The van der Waals surface area contributed by atoms with Gasteiger partial charge >= 0.3 is 0 Å². The molecule has 0 rings (SSSR count). The standard InChI is InChI=1S/C6H15N3O3/c1-12-4-5(10)2-8-3-6(7)9-11/h5,8,10-11H,2-4H2,1H3,(H2,7,9). The van der Waals surface area contributed by atoms with Crippen molar-refractivity contribution in [1.29, 1.82) is 0 Å². The molecule has 12 heavy (non-hydrogen) atoms. The molecule has 6 nitrogen and oxygen atoms in total. The van der Waals surface area contributed by atoms with Gasteiger partial charge in [0.25, 0.3) is 0 Å². The summed E-state index contributed by atoms with van der Waals surface area (Å²) in [6.07, 6.45) is -0.568. The lowest BCUT2D eigenvalue weighted by Crippen LogP contribution is -2.36. The van der Waals surface area contributed by atoms with Gasteiger partial charge in [-0.15, -0.1) is 0 Å². The Morgan fingerprint density at radius 1 is 1.75 bits per heavy atom. The molecule has 1 atom stereocenters. The maximum atomic E-state index is 9.10. The molecule has 0 amide bonds. The molecule has 0 saturated heterocycles. The van der Waals surface area contributed by atoms with Crippen molar-refractivity contribution in [2.45, 2.75) is 6.10 Å². The number of methoxy groups -OCH3 is 1. The van der Waals surface area contributed by atoms with Crippen LogP contribution in [0.5, 0.6) is 0 Å². The number of rotatable bonds is 6. The molecule has 72 valence electrons. The van der Waals surface area contributed by atoms with Gasteiger partial charge in [-0.3, -0.25) is 0 Å². The lowest BCUT2D eigenvalue weighted by molar-refractivity contribution is 0.0653. The summed E-state index contributed by atoms with van der Waals surface area (Å²) in [7, 11) is 1.51. The van der Waals surface area contributed by atoms with Crippen LogP contribution in [0, 0.1) is 0 Å². The highest BCUT2D eigenvalue weighted by Gasteiger charge is 2.02. The van der Waals surface area contributed by atoms with Crippen molar-refractivity contribution in [2.75, 3.05) is 26.8 Å². The van der Waals surface area contributed by atoms with Crippen LogP contribution in [0.2, 0.25) is 0 Å². The van der Waals surface area contributed by atoms with E-state index >= 15 is 0 Å². The molecular formula is C6H15N3O3. The van der Waals surface area contributed by atoms with Crippen LogP contribution < -0.4 is 11.1 Å². The fraction of sp³-hybridized carbons (Fsp3) is 0.833. The Labute approximate surface area is 71.0 Å². The highest BCUT2D eigenvalue weighted by molar-refractivity contribution is 5.81. The molecule has 6 heteroatoms. The first-order chi connectivity index (χ1) is 5.70. The fourth-order valence-electron chi connectivity index (χ4n) is 0.654. The average molecular weight is 177 g/mol. The molecule has 0 aromatic rings. The minimum absolute atomic E-state index is 0.0830. The summed E-state index contributed by atoms with van der Waals surface area (Å²) in [6.45, 7) is 0.866. The van der Waals surface area contributed by atoms with Crippen LogP contribution in [0.1, 0.15) is 0 Å². The van der Waals surface area contributed by atoms with Gasteiger partial charge in [-0.25, -0.2) is 0 Å². The topological polar surface area (TPSA) is 100 Å². The van der Waals surface area contributed by atoms with Crippen LogP contribution in [0.25, 0.3) is 0 Å². The molecule has 0 heterocycles. The predicted molar refractivity (Wildman–Crippen MR) is 44.2 cm³/mol. The second-order valence-corrected chi connectivity index (χ2v) is 2.33. The van der Waals surface area contributed by atoms with E-state index in [1.165, 1.54) is 7.11 Å². The van der Waals surface area contributed by atoms with E-state index in [2.05, 4.69) is 15.2 Å². The number of aliphatic hydroxyl groups excluding tert-OH is 1. The Balaban J connectivity index is 3.30. The van der Waals surface area contributed by atoms with Crippen LogP contribution in [-0.4, -0.2) is 49.1 Å². The zero-order chi connectivity index (χ0) is 9.40. The van der Waals surface area contributed by atoms with E-state index in [0.29, 0.717) is 6.54 Å². The molecule has 0 radical (unpaired) electrons. The second kappa shape index (κ2) is 6.84. The molecule has 0 fully saturated rings. The van der Waals surface area contributed by atoms with Crippen LogP contribution in [0.15, 0.2) is 5.16 Å². The van der Waals surface area contributed by atoms with Crippen LogP contribution in [-0.2, 0) is 4.74 Å². The third-order valence-electron chi connectivity index (χ3n) is 1.17. The Morgan fingerprint density at radius 3 is 2.92 bits per heavy atom. The first kappa shape index (κ1) is 11.2. The van der Waals surface area contributed by atoms with E-state index in [1.54, 1.807) is 0 Å². The van der Waals surface area contributed by atoms with Gasteiger partial charge in [0, 0.05) is 13.7 Å². The summed E-state index contributed by atoms with van der Waals surface area (Å²) < 4.78 is 4.69. The molecule has 5 N–H and O–H groups in total. The number of oxime groups is 1. The highest BCUT2D eigenvalue weighted by atomic mass is 16.5. The molecule has 1 unspecified atom stereocenters. The SMILES string of the molecule is COCC(O)CNCC(N)=NO. The summed E-state index contributed by atoms with van der Waals surface area (Å²) in [6, 6.07) is 0. The molecule has 0 bridgehead atoms. The first-order valence-electron chi connectivity index (χ1n) is 3.54. The molecule has 0 aromatic carbocycles. The van der Waals surface area contributed by atoms with Crippen LogP contribution in [0.4, 0.5) is 0 Å². The van der Waals surface area contributed by atoms with E-state index in [9.17, 15) is 0 Å². The summed E-state index contributed by atoms with van der Waals surface area (Å²) in [4.78, 5) is 0. The minimum Gasteiger partial charge on any atom is -0.409 e. The maximum absolute atomic E-state index is 9.10. The number of hydrogen-bond donors (Lipinski definition) is 4. The lowest BCUT2D eigenvalue weighted by Gasteiger charge is -2.09. The van der Waals surface area contributed by atoms with E-state index in [-0.39, 0.29) is 19.0 Å². The average Bonchev–Trinajstić information content (AvgIpc) is 2.04.